The fourth-order valence-electron chi connectivity index (χ4n) is 3.89. The number of carbonyl (C=O) groups excluding carboxylic acids is 2. The van der Waals surface area contributed by atoms with Crippen LogP contribution in [0.25, 0.3) is 0 Å². The van der Waals surface area contributed by atoms with Crippen LogP contribution in [0.3, 0.4) is 0 Å². The number of rotatable bonds is 7. The predicted molar refractivity (Wildman–Crippen MR) is 119 cm³/mol. The molecule has 0 bridgehead atoms. The van der Waals surface area contributed by atoms with Gasteiger partial charge in [0.1, 0.15) is 17.8 Å². The number of benzene rings is 2. The Morgan fingerprint density at radius 2 is 1.86 bits per heavy atom. The molecule has 2 unspecified atom stereocenters. The fourth-order valence-corrected chi connectivity index (χ4v) is 5.60. The quantitative estimate of drug-likeness (QED) is 0.550. The zero-order chi connectivity index (χ0) is 25.8. The van der Waals surface area contributed by atoms with E-state index in [1.807, 2.05) is 0 Å². The van der Waals surface area contributed by atoms with E-state index in [1.165, 1.54) is 12.1 Å². The van der Waals surface area contributed by atoms with Gasteiger partial charge in [-0.15, -0.1) is 0 Å². The summed E-state index contributed by atoms with van der Waals surface area (Å²) >= 11 is 0. The SMILES string of the molecule is COC(=O)C(Cc1ccc(O)cc1)NC(=O)C1CCCCN1S(=O)(=O)c1cccc(C(F)(F)F)c1. The lowest BCUT2D eigenvalue weighted by atomic mass is 10.0. The van der Waals surface area contributed by atoms with Gasteiger partial charge in [0, 0.05) is 13.0 Å². The first kappa shape index (κ1) is 26.5. The Morgan fingerprint density at radius 3 is 2.49 bits per heavy atom. The van der Waals surface area contributed by atoms with Crippen molar-refractivity contribution in [3.8, 4) is 5.75 Å². The van der Waals surface area contributed by atoms with Gasteiger partial charge in [-0.2, -0.15) is 17.5 Å². The molecule has 2 N–H and O–H groups in total. The molecule has 190 valence electrons. The molecule has 2 aromatic rings. The number of phenols is 1. The van der Waals surface area contributed by atoms with Crippen molar-refractivity contribution in [1.82, 2.24) is 9.62 Å². The van der Waals surface area contributed by atoms with Gasteiger partial charge in [0.15, 0.2) is 0 Å². The molecular weight excluding hydrogens is 489 g/mol. The van der Waals surface area contributed by atoms with Crippen LogP contribution in [0.15, 0.2) is 53.4 Å². The van der Waals surface area contributed by atoms with E-state index < -0.39 is 50.6 Å². The summed E-state index contributed by atoms with van der Waals surface area (Å²) in [5.41, 5.74) is -0.508. The van der Waals surface area contributed by atoms with Crippen LogP contribution in [0.2, 0.25) is 0 Å². The summed E-state index contributed by atoms with van der Waals surface area (Å²) in [6.07, 6.45) is -3.63. The molecule has 1 aliphatic heterocycles. The highest BCUT2D eigenvalue weighted by molar-refractivity contribution is 7.89. The zero-order valence-corrected chi connectivity index (χ0v) is 19.6. The number of methoxy groups -OCH3 is 1. The molecule has 2 aromatic carbocycles. The van der Waals surface area contributed by atoms with E-state index in [-0.39, 0.29) is 25.1 Å². The molecular formula is C23H25F3N2O6S. The van der Waals surface area contributed by atoms with Gasteiger partial charge in [-0.3, -0.25) is 4.79 Å². The Kier molecular flexibility index (Phi) is 8.06. The summed E-state index contributed by atoms with van der Waals surface area (Å²) in [6, 6.07) is 6.95. The number of hydrogen-bond donors (Lipinski definition) is 2. The molecule has 12 heteroatoms. The molecule has 8 nitrogen and oxygen atoms in total. The highest BCUT2D eigenvalue weighted by atomic mass is 32.2. The number of ether oxygens (including phenoxy) is 1. The second-order valence-corrected chi connectivity index (χ2v) is 10.00. The summed E-state index contributed by atoms with van der Waals surface area (Å²) in [4.78, 5) is 24.9. The monoisotopic (exact) mass is 514 g/mol. The van der Waals surface area contributed by atoms with E-state index in [4.69, 9.17) is 4.74 Å². The molecule has 1 saturated heterocycles. The van der Waals surface area contributed by atoms with Crippen molar-refractivity contribution in [3.05, 3.63) is 59.7 Å². The molecule has 1 heterocycles. The lowest BCUT2D eigenvalue weighted by Crippen LogP contribution is -2.55. The van der Waals surface area contributed by atoms with Crippen LogP contribution in [0.4, 0.5) is 13.2 Å². The van der Waals surface area contributed by atoms with Crippen LogP contribution in [-0.4, -0.2) is 55.4 Å². The van der Waals surface area contributed by atoms with Crippen LogP contribution in [0.5, 0.6) is 5.75 Å². The topological polar surface area (TPSA) is 113 Å². The second kappa shape index (κ2) is 10.6. The van der Waals surface area contributed by atoms with Gasteiger partial charge in [0.2, 0.25) is 15.9 Å². The number of halogens is 3. The largest absolute Gasteiger partial charge is 0.508 e. The molecule has 2 atom stereocenters. The van der Waals surface area contributed by atoms with Crippen molar-refractivity contribution in [2.45, 2.75) is 48.8 Å². The lowest BCUT2D eigenvalue weighted by molar-refractivity contribution is -0.145. The third-order valence-corrected chi connectivity index (χ3v) is 7.61. The average Bonchev–Trinajstić information content (AvgIpc) is 2.84. The van der Waals surface area contributed by atoms with Gasteiger partial charge in [0.05, 0.1) is 17.6 Å². The van der Waals surface area contributed by atoms with Crippen LogP contribution >= 0.6 is 0 Å². The third-order valence-electron chi connectivity index (χ3n) is 5.70. The van der Waals surface area contributed by atoms with Crippen LogP contribution in [0.1, 0.15) is 30.4 Å². The zero-order valence-electron chi connectivity index (χ0n) is 18.8. The van der Waals surface area contributed by atoms with Crippen molar-refractivity contribution in [2.24, 2.45) is 0 Å². The maximum absolute atomic E-state index is 13.2. The lowest BCUT2D eigenvalue weighted by Gasteiger charge is -2.34. The smallest absolute Gasteiger partial charge is 0.416 e. The van der Waals surface area contributed by atoms with Crippen molar-refractivity contribution < 1.29 is 41.0 Å². The van der Waals surface area contributed by atoms with Crippen molar-refractivity contribution in [2.75, 3.05) is 13.7 Å². The summed E-state index contributed by atoms with van der Waals surface area (Å²) in [5.74, 6) is -1.49. The van der Waals surface area contributed by atoms with E-state index in [1.54, 1.807) is 12.1 Å². The van der Waals surface area contributed by atoms with Gasteiger partial charge < -0.3 is 15.2 Å². The molecule has 1 amide bonds. The Labute approximate surface area is 200 Å². The normalized spacial score (nSPS) is 18.0. The number of esters is 1. The maximum Gasteiger partial charge on any atom is 0.416 e. The minimum Gasteiger partial charge on any atom is -0.508 e. The average molecular weight is 515 g/mol. The van der Waals surface area contributed by atoms with Gasteiger partial charge in [-0.05, 0) is 48.7 Å². The standard InChI is InChI=1S/C23H25F3N2O6S/c1-34-22(31)19(13-15-8-10-17(29)11-9-15)27-21(30)20-7-2-3-12-28(20)35(32,33)18-6-4-5-16(14-18)23(24,25)26/h4-6,8-11,14,19-20,29H,2-3,7,12-13H2,1H3,(H,27,30). The number of carbonyl (C=O) groups is 2. The number of phenolic OH excluding ortho intramolecular Hbond substituents is 1. The Hall–Kier alpha value is -3.12. The summed E-state index contributed by atoms with van der Waals surface area (Å²) < 4.78 is 71.5. The van der Waals surface area contributed by atoms with Crippen LogP contribution < -0.4 is 5.32 Å². The molecule has 3 rings (SSSR count). The number of piperidine rings is 1. The molecule has 0 aromatic heterocycles. The van der Waals surface area contributed by atoms with E-state index in [0.717, 1.165) is 29.6 Å². The number of hydrogen-bond acceptors (Lipinski definition) is 6. The number of aromatic hydroxyl groups is 1. The number of alkyl halides is 3. The van der Waals surface area contributed by atoms with Crippen LogP contribution in [-0.2, 0) is 36.9 Å². The summed E-state index contributed by atoms with van der Waals surface area (Å²) in [5, 5.41) is 12.0. The van der Waals surface area contributed by atoms with E-state index in [0.29, 0.717) is 24.5 Å². The first-order chi connectivity index (χ1) is 16.4. The second-order valence-electron chi connectivity index (χ2n) is 8.11. The summed E-state index contributed by atoms with van der Waals surface area (Å²) in [7, 11) is -3.29. The van der Waals surface area contributed by atoms with Gasteiger partial charge >= 0.3 is 12.1 Å². The Morgan fingerprint density at radius 1 is 1.17 bits per heavy atom. The van der Waals surface area contributed by atoms with Crippen molar-refractivity contribution in [3.63, 3.8) is 0 Å². The van der Waals surface area contributed by atoms with E-state index >= 15 is 0 Å². The highest BCUT2D eigenvalue weighted by Gasteiger charge is 2.40. The van der Waals surface area contributed by atoms with Crippen LogP contribution in [0, 0.1) is 0 Å². The number of nitrogens with one attached hydrogen (secondary N) is 1. The first-order valence-corrected chi connectivity index (χ1v) is 12.2. The van der Waals surface area contributed by atoms with E-state index in [9.17, 15) is 36.3 Å². The highest BCUT2D eigenvalue weighted by Crippen LogP contribution is 2.32. The Bertz CT molecular complexity index is 1170. The van der Waals surface area contributed by atoms with Gasteiger partial charge in [-0.25, -0.2) is 13.2 Å². The molecule has 0 radical (unpaired) electrons. The molecule has 0 saturated carbocycles. The molecule has 1 fully saturated rings. The minimum absolute atomic E-state index is 0.0186. The molecule has 0 aliphatic carbocycles. The van der Waals surface area contributed by atoms with E-state index in [2.05, 4.69) is 5.32 Å². The Balaban J connectivity index is 1.85. The van der Waals surface area contributed by atoms with Crippen molar-refractivity contribution >= 4 is 21.9 Å². The fraction of sp³-hybridized carbons (Fsp3) is 0.391. The minimum atomic E-state index is -4.73. The number of amides is 1. The third kappa shape index (κ3) is 6.31. The summed E-state index contributed by atoms with van der Waals surface area (Å²) in [6.45, 7) is -0.0580. The molecule has 35 heavy (non-hydrogen) atoms. The number of nitrogens with zero attached hydrogens (tertiary/aromatic N) is 1. The predicted octanol–water partition coefficient (Wildman–Crippen LogP) is 2.85. The maximum atomic E-state index is 13.2. The van der Waals surface area contributed by atoms with Gasteiger partial charge in [-0.1, -0.05) is 24.6 Å². The molecule has 0 spiro atoms. The molecule has 1 aliphatic rings. The first-order valence-electron chi connectivity index (χ1n) is 10.8. The number of sulfonamides is 1. The van der Waals surface area contributed by atoms with Crippen molar-refractivity contribution in [1.29, 1.82) is 0 Å². The van der Waals surface area contributed by atoms with Gasteiger partial charge in [0.25, 0.3) is 0 Å².